The normalized spacial score (nSPS) is 24.8. The molecule has 0 radical (unpaired) electrons. The Morgan fingerprint density at radius 3 is 3.10 bits per heavy atom. The van der Waals surface area contributed by atoms with Gasteiger partial charge in [-0.25, -0.2) is 0 Å². The second-order valence-electron chi connectivity index (χ2n) is 5.87. The molecule has 0 aliphatic heterocycles. The van der Waals surface area contributed by atoms with E-state index in [1.807, 2.05) is 11.6 Å². The number of aliphatic hydroxyl groups is 1. The first-order valence-electron chi connectivity index (χ1n) is 7.48. The molecule has 3 atom stereocenters. The number of aromatic nitrogens is 3. The van der Waals surface area contributed by atoms with Crippen molar-refractivity contribution in [3.8, 4) is 0 Å². The van der Waals surface area contributed by atoms with Gasteiger partial charge in [-0.3, -0.25) is 0 Å². The molecular formula is C14H26N4O2. The number of hydrogen-bond acceptors (Lipinski definition) is 5. The Kier molecular flexibility index (Phi) is 5.94. The Bertz CT molecular complexity index is 396. The topological polar surface area (TPSA) is 72.2 Å². The summed E-state index contributed by atoms with van der Waals surface area (Å²) in [6.07, 6.45) is 6.32. The zero-order valence-corrected chi connectivity index (χ0v) is 12.5. The molecule has 6 heteroatoms. The number of rotatable bonds is 7. The summed E-state index contributed by atoms with van der Waals surface area (Å²) in [7, 11) is 1.90. The second-order valence-corrected chi connectivity index (χ2v) is 5.87. The number of nitrogens with zero attached hydrogens (tertiary/aromatic N) is 3. The zero-order chi connectivity index (χ0) is 14.4. The number of nitrogens with one attached hydrogen (secondary N) is 1. The van der Waals surface area contributed by atoms with Crippen LogP contribution in [-0.2, 0) is 18.3 Å². The van der Waals surface area contributed by atoms with E-state index in [0.717, 1.165) is 24.6 Å². The van der Waals surface area contributed by atoms with Crippen molar-refractivity contribution in [2.75, 3.05) is 13.2 Å². The van der Waals surface area contributed by atoms with Crippen LogP contribution in [-0.4, -0.2) is 45.2 Å². The quantitative estimate of drug-likeness (QED) is 0.776. The summed E-state index contributed by atoms with van der Waals surface area (Å²) < 4.78 is 7.66. The van der Waals surface area contributed by atoms with Crippen LogP contribution in [0, 0.1) is 5.92 Å². The molecule has 1 aromatic rings. The van der Waals surface area contributed by atoms with E-state index in [2.05, 4.69) is 22.4 Å². The van der Waals surface area contributed by atoms with Gasteiger partial charge in [-0.05, 0) is 18.8 Å². The summed E-state index contributed by atoms with van der Waals surface area (Å²) >= 11 is 0. The molecule has 1 heterocycles. The summed E-state index contributed by atoms with van der Waals surface area (Å²) in [4.78, 5) is 0. The summed E-state index contributed by atoms with van der Waals surface area (Å²) in [5, 5.41) is 20.9. The molecule has 1 aliphatic carbocycles. The highest BCUT2D eigenvalue weighted by atomic mass is 16.5. The highest BCUT2D eigenvalue weighted by Gasteiger charge is 2.20. The van der Waals surface area contributed by atoms with Gasteiger partial charge in [-0.15, -0.1) is 10.2 Å². The lowest BCUT2D eigenvalue weighted by Gasteiger charge is -2.27. The summed E-state index contributed by atoms with van der Waals surface area (Å²) in [6.45, 7) is 3.79. The van der Waals surface area contributed by atoms with Crippen LogP contribution >= 0.6 is 0 Å². The highest BCUT2D eigenvalue weighted by molar-refractivity contribution is 4.83. The van der Waals surface area contributed by atoms with Crippen molar-refractivity contribution >= 4 is 0 Å². The van der Waals surface area contributed by atoms with Crippen LogP contribution < -0.4 is 5.32 Å². The summed E-state index contributed by atoms with van der Waals surface area (Å²) in [5.74, 6) is 1.61. The van der Waals surface area contributed by atoms with Gasteiger partial charge in [0.15, 0.2) is 0 Å². The number of aliphatic hydroxyl groups excluding tert-OH is 1. The molecule has 0 amide bonds. The number of hydrogen-bond donors (Lipinski definition) is 2. The Morgan fingerprint density at radius 2 is 2.40 bits per heavy atom. The molecule has 1 saturated carbocycles. The summed E-state index contributed by atoms with van der Waals surface area (Å²) in [6, 6.07) is 0. The van der Waals surface area contributed by atoms with E-state index in [-0.39, 0.29) is 0 Å². The van der Waals surface area contributed by atoms with Gasteiger partial charge < -0.3 is 19.7 Å². The van der Waals surface area contributed by atoms with Gasteiger partial charge >= 0.3 is 0 Å². The van der Waals surface area contributed by atoms with E-state index < -0.39 is 6.10 Å². The largest absolute Gasteiger partial charge is 0.389 e. The molecule has 2 rings (SSSR count). The molecule has 3 unspecified atom stereocenters. The van der Waals surface area contributed by atoms with E-state index in [9.17, 15) is 5.11 Å². The lowest BCUT2D eigenvalue weighted by atomic mass is 9.89. The molecule has 2 N–H and O–H groups in total. The number of aryl methyl sites for hydroxylation is 1. The van der Waals surface area contributed by atoms with Crippen molar-refractivity contribution in [2.45, 2.75) is 51.4 Å². The fourth-order valence-corrected chi connectivity index (χ4v) is 2.65. The fraction of sp³-hybridized carbons (Fsp3) is 0.857. The maximum Gasteiger partial charge on any atom is 0.146 e. The minimum atomic E-state index is -0.472. The first-order chi connectivity index (χ1) is 9.65. The molecule has 0 saturated heterocycles. The molecule has 6 nitrogen and oxygen atoms in total. The van der Waals surface area contributed by atoms with Gasteiger partial charge in [-0.2, -0.15) is 0 Å². The van der Waals surface area contributed by atoms with Gasteiger partial charge in [-0.1, -0.05) is 19.8 Å². The minimum absolute atomic E-state index is 0.326. The van der Waals surface area contributed by atoms with E-state index in [1.165, 1.54) is 12.8 Å². The van der Waals surface area contributed by atoms with Gasteiger partial charge in [0, 0.05) is 13.6 Å². The van der Waals surface area contributed by atoms with Gasteiger partial charge in [0.05, 0.1) is 25.4 Å². The average Bonchev–Trinajstić information content (AvgIpc) is 2.82. The van der Waals surface area contributed by atoms with Crippen molar-refractivity contribution in [1.82, 2.24) is 20.1 Å². The monoisotopic (exact) mass is 282 g/mol. The summed E-state index contributed by atoms with van der Waals surface area (Å²) in [5.41, 5.74) is 0. The third kappa shape index (κ3) is 4.85. The molecule has 0 bridgehead atoms. The van der Waals surface area contributed by atoms with Crippen molar-refractivity contribution < 1.29 is 9.84 Å². The van der Waals surface area contributed by atoms with Crippen molar-refractivity contribution in [3.63, 3.8) is 0 Å². The Hall–Kier alpha value is -0.980. The van der Waals surface area contributed by atoms with Crippen molar-refractivity contribution in [3.05, 3.63) is 12.2 Å². The van der Waals surface area contributed by atoms with Crippen LogP contribution in [0.2, 0.25) is 0 Å². The predicted molar refractivity (Wildman–Crippen MR) is 76.1 cm³/mol. The van der Waals surface area contributed by atoms with Crippen LogP contribution in [0.3, 0.4) is 0 Å². The van der Waals surface area contributed by atoms with Gasteiger partial charge in [0.25, 0.3) is 0 Å². The Morgan fingerprint density at radius 1 is 1.55 bits per heavy atom. The molecule has 0 spiro atoms. The molecular weight excluding hydrogens is 256 g/mol. The van der Waals surface area contributed by atoms with E-state index >= 15 is 0 Å². The van der Waals surface area contributed by atoms with Crippen LogP contribution in [0.15, 0.2) is 6.33 Å². The first kappa shape index (κ1) is 15.4. The Labute approximate surface area is 120 Å². The van der Waals surface area contributed by atoms with E-state index in [0.29, 0.717) is 25.8 Å². The Balaban J connectivity index is 1.58. The molecule has 114 valence electrons. The zero-order valence-electron chi connectivity index (χ0n) is 12.5. The average molecular weight is 282 g/mol. The van der Waals surface area contributed by atoms with E-state index in [1.54, 1.807) is 6.33 Å². The van der Waals surface area contributed by atoms with Gasteiger partial charge in [0.1, 0.15) is 12.2 Å². The van der Waals surface area contributed by atoms with Crippen LogP contribution in [0.4, 0.5) is 0 Å². The molecule has 1 aromatic heterocycles. The maximum absolute atomic E-state index is 9.91. The van der Waals surface area contributed by atoms with Crippen molar-refractivity contribution in [1.29, 1.82) is 0 Å². The van der Waals surface area contributed by atoms with Crippen LogP contribution in [0.25, 0.3) is 0 Å². The third-order valence-electron chi connectivity index (χ3n) is 3.88. The second kappa shape index (κ2) is 7.71. The number of ether oxygens (including phenoxy) is 1. The third-order valence-corrected chi connectivity index (χ3v) is 3.88. The first-order valence-corrected chi connectivity index (χ1v) is 7.48. The lowest BCUT2D eigenvalue weighted by molar-refractivity contribution is -0.0307. The van der Waals surface area contributed by atoms with E-state index in [4.69, 9.17) is 4.74 Å². The standard InChI is InChI=1S/C14H26N4O2/c1-11-4-3-5-13(6-11)20-9-12(19)7-15-8-14-17-16-10-18(14)2/h10-13,15,19H,3-9H2,1-2H3. The van der Waals surface area contributed by atoms with Crippen LogP contribution in [0.5, 0.6) is 0 Å². The predicted octanol–water partition coefficient (Wildman–Crippen LogP) is 0.861. The van der Waals surface area contributed by atoms with Crippen molar-refractivity contribution in [2.24, 2.45) is 13.0 Å². The molecule has 0 aromatic carbocycles. The van der Waals surface area contributed by atoms with Crippen LogP contribution in [0.1, 0.15) is 38.4 Å². The highest BCUT2D eigenvalue weighted by Crippen LogP contribution is 2.25. The minimum Gasteiger partial charge on any atom is -0.389 e. The smallest absolute Gasteiger partial charge is 0.146 e. The SMILES string of the molecule is CC1CCCC(OCC(O)CNCc2nncn2C)C1. The molecule has 20 heavy (non-hydrogen) atoms. The molecule has 1 aliphatic rings. The lowest BCUT2D eigenvalue weighted by Crippen LogP contribution is -2.33. The maximum atomic E-state index is 9.91. The van der Waals surface area contributed by atoms with Gasteiger partial charge in [0.2, 0.25) is 0 Å². The fourth-order valence-electron chi connectivity index (χ4n) is 2.65. The molecule has 1 fully saturated rings.